The monoisotopic (exact) mass is 146 g/mol. The van der Waals surface area contributed by atoms with Crippen LogP contribution in [-0.4, -0.2) is 6.16 Å². The fourth-order valence-corrected chi connectivity index (χ4v) is 0. The molecule has 0 aromatic carbocycles. The first-order valence-corrected chi connectivity index (χ1v) is 0.612. The van der Waals surface area contributed by atoms with Gasteiger partial charge in [-0.15, -0.1) is 0 Å². The fraction of sp³-hybridized carbons (Fsp3) is 0. The predicted octanol–water partition coefficient (Wildman–Crippen LogP) is -5.45. The molecule has 3 nitrogen and oxygen atoms in total. The van der Waals surface area contributed by atoms with E-state index in [1.807, 2.05) is 0 Å². The van der Waals surface area contributed by atoms with Crippen LogP contribution in [0, 0.1) is 0 Å². The molecule has 0 bridgehead atoms. The van der Waals surface area contributed by atoms with E-state index >= 15 is 0 Å². The van der Waals surface area contributed by atoms with E-state index in [9.17, 15) is 0 Å². The van der Waals surface area contributed by atoms with Crippen LogP contribution in [0.25, 0.3) is 0 Å². The van der Waals surface area contributed by atoms with Gasteiger partial charge in [0.15, 0.2) is 0 Å². The molecule has 0 amide bonds. The zero-order chi connectivity index (χ0) is 3.58. The summed E-state index contributed by atoms with van der Waals surface area (Å²) in [6, 6.07) is 0. The molecule has 0 spiro atoms. The van der Waals surface area contributed by atoms with Gasteiger partial charge in [0, 0.05) is 0 Å². The van der Waals surface area contributed by atoms with Gasteiger partial charge in [0.2, 0.25) is 0 Å². The maximum atomic E-state index is 8.33. The van der Waals surface area contributed by atoms with Gasteiger partial charge in [-0.2, -0.15) is 0 Å². The van der Waals surface area contributed by atoms with Gasteiger partial charge in [0.25, 0.3) is 0 Å². The van der Waals surface area contributed by atoms with E-state index in [1.165, 1.54) is 0 Å². The van der Waals surface area contributed by atoms with Gasteiger partial charge < -0.3 is 15.0 Å². The third-order valence-corrected chi connectivity index (χ3v) is 0. The van der Waals surface area contributed by atoms with Crippen LogP contribution >= 0.6 is 0 Å². The number of rotatable bonds is 0. The second kappa shape index (κ2) is 9.25. The molecule has 0 N–H and O–H groups in total. The first kappa shape index (κ1) is 15.8. The van der Waals surface area contributed by atoms with E-state index < -0.39 is 6.16 Å². The molecule has 6 heavy (non-hydrogen) atoms. The molecule has 0 aromatic rings. The summed E-state index contributed by atoms with van der Waals surface area (Å²) in [6.45, 7) is 0. The Kier molecular flexibility index (Phi) is 24.4. The first-order valence-electron chi connectivity index (χ1n) is 0.612. The third kappa shape index (κ3) is 110. The zero-order valence-corrected chi connectivity index (χ0v) is 5.97. The summed E-state index contributed by atoms with van der Waals surface area (Å²) in [6.07, 6.45) is -2.33. The minimum absolute atomic E-state index is 0. The van der Waals surface area contributed by atoms with Crippen molar-refractivity contribution in [3.8, 4) is 0 Å². The van der Waals surface area contributed by atoms with Crippen LogP contribution < -0.4 is 39.8 Å². The molecule has 5 heteroatoms. The Hall–Kier alpha value is 0.789. The molecule has 0 unspecified atom stereocenters. The summed E-state index contributed by atoms with van der Waals surface area (Å²) >= 11 is 0. The van der Waals surface area contributed by atoms with Crippen LogP contribution in [0.15, 0.2) is 0 Å². The van der Waals surface area contributed by atoms with Crippen molar-refractivity contribution in [3.63, 3.8) is 0 Å². The number of hydrogen-bond donors (Lipinski definition) is 0. The number of carbonyl (C=O) groups is 1. The molecule has 0 fully saturated rings. The normalized spacial score (nSPS) is 4.00. The van der Waals surface area contributed by atoms with Crippen molar-refractivity contribution in [2.45, 2.75) is 0 Å². The van der Waals surface area contributed by atoms with Crippen LogP contribution in [0.1, 0.15) is 0 Å². The van der Waals surface area contributed by atoms with Gasteiger partial charge in [-0.1, -0.05) is 0 Å². The molecule has 0 aliphatic rings. The Morgan fingerprint density at radius 3 is 1.33 bits per heavy atom. The summed E-state index contributed by atoms with van der Waals surface area (Å²) in [5.41, 5.74) is 0. The second-order valence-electron chi connectivity index (χ2n) is 0.250. The van der Waals surface area contributed by atoms with Gasteiger partial charge in [-0.25, -0.2) is 0 Å². The minimum Gasteiger partial charge on any atom is -0.652 e. The van der Waals surface area contributed by atoms with E-state index in [2.05, 4.69) is 0 Å². The van der Waals surface area contributed by atoms with Crippen molar-refractivity contribution in [2.24, 2.45) is 0 Å². The van der Waals surface area contributed by atoms with Gasteiger partial charge in [0.05, 0.1) is 0 Å². The number of hydrogen-bond acceptors (Lipinski definition) is 3. The van der Waals surface area contributed by atoms with E-state index in [1.54, 1.807) is 0 Å². The van der Waals surface area contributed by atoms with Crippen LogP contribution in [-0.2, 0) is 17.1 Å². The topological polar surface area (TPSA) is 63.2 Å². The standard InChI is InChI=1S/CH2O3.Cu.Na/c2-1(3)4;;/h(H2,2,3,4);;/q;2*+1/p-2. The summed E-state index contributed by atoms with van der Waals surface area (Å²) in [5.74, 6) is 0. The molecule has 0 atom stereocenters. The maximum Gasteiger partial charge on any atom is 1.00 e. The van der Waals surface area contributed by atoms with E-state index in [0.29, 0.717) is 0 Å². The Morgan fingerprint density at radius 2 is 1.33 bits per heavy atom. The van der Waals surface area contributed by atoms with Gasteiger partial charge in [-0.05, 0) is 6.16 Å². The van der Waals surface area contributed by atoms with Gasteiger partial charge >= 0.3 is 46.6 Å². The largest absolute Gasteiger partial charge is 1.00 e. The molecule has 0 saturated heterocycles. The molecule has 0 saturated carbocycles. The Labute approximate surface area is 67.5 Å². The molecule has 0 radical (unpaired) electrons. The van der Waals surface area contributed by atoms with Crippen LogP contribution in [0.5, 0.6) is 0 Å². The van der Waals surface area contributed by atoms with Crippen LogP contribution in [0.3, 0.4) is 0 Å². The van der Waals surface area contributed by atoms with Gasteiger partial charge in [-0.3, -0.25) is 0 Å². The molecular weight excluding hydrogens is 147 g/mol. The van der Waals surface area contributed by atoms with Gasteiger partial charge in [0.1, 0.15) is 0 Å². The summed E-state index contributed by atoms with van der Waals surface area (Å²) in [7, 11) is 0. The average Bonchev–Trinajstić information content (AvgIpc) is 0.811. The molecule has 0 aliphatic carbocycles. The van der Waals surface area contributed by atoms with Crippen molar-refractivity contribution in [1.82, 2.24) is 0 Å². The molecule has 0 heterocycles. The molecule has 0 aromatic heterocycles. The Morgan fingerprint density at radius 1 is 1.33 bits per heavy atom. The molecular formula is CCuNaO3. The first-order chi connectivity index (χ1) is 1.73. The smallest absolute Gasteiger partial charge is 0.652 e. The van der Waals surface area contributed by atoms with E-state index in [4.69, 9.17) is 15.0 Å². The van der Waals surface area contributed by atoms with Crippen molar-refractivity contribution in [2.75, 3.05) is 0 Å². The average molecular weight is 147 g/mol. The van der Waals surface area contributed by atoms with E-state index in [0.717, 1.165) is 0 Å². The van der Waals surface area contributed by atoms with Crippen molar-refractivity contribution in [1.29, 1.82) is 0 Å². The van der Waals surface area contributed by atoms with Crippen LogP contribution in [0.4, 0.5) is 4.79 Å². The molecule has 0 aliphatic heterocycles. The van der Waals surface area contributed by atoms with Crippen molar-refractivity contribution >= 4 is 6.16 Å². The van der Waals surface area contributed by atoms with Crippen LogP contribution in [0.2, 0.25) is 0 Å². The maximum absolute atomic E-state index is 8.33. The second-order valence-corrected chi connectivity index (χ2v) is 0.250. The fourth-order valence-electron chi connectivity index (χ4n) is 0. The Bertz CT molecular complexity index is 33.8. The predicted molar refractivity (Wildman–Crippen MR) is 5.40 cm³/mol. The quantitative estimate of drug-likeness (QED) is 0.321. The number of carboxylic acid groups (broad SMARTS) is 2. The van der Waals surface area contributed by atoms with Crippen molar-refractivity contribution in [3.05, 3.63) is 0 Å². The summed E-state index contributed by atoms with van der Waals surface area (Å²) in [4.78, 5) is 8.33. The molecule has 34 valence electrons. The zero-order valence-electron chi connectivity index (χ0n) is 3.03. The number of carbonyl (C=O) groups excluding carboxylic acids is 1. The Balaban J connectivity index is -0.0000000450. The summed E-state index contributed by atoms with van der Waals surface area (Å²) < 4.78 is 0. The third-order valence-electron chi connectivity index (χ3n) is 0. The summed E-state index contributed by atoms with van der Waals surface area (Å²) in [5, 5.41) is 16.7. The SMILES string of the molecule is O=C([O-])[O-].[Cu+].[Na+]. The van der Waals surface area contributed by atoms with E-state index in [-0.39, 0.29) is 46.6 Å². The van der Waals surface area contributed by atoms with Crippen molar-refractivity contribution < 1.29 is 61.6 Å². The minimum atomic E-state index is -2.33. The molecule has 0 rings (SSSR count).